The lowest BCUT2D eigenvalue weighted by atomic mass is 9.96. The van der Waals surface area contributed by atoms with Gasteiger partial charge in [0.15, 0.2) is 0 Å². The number of halogens is 1. The molecule has 4 heteroatoms. The van der Waals surface area contributed by atoms with Crippen LogP contribution < -0.4 is 0 Å². The Hall–Kier alpha value is -1.56. The highest BCUT2D eigenvalue weighted by atomic mass is 127. The summed E-state index contributed by atoms with van der Waals surface area (Å²) in [7, 11) is 0. The Balaban J connectivity index is 2.47. The maximum Gasteiger partial charge on any atom is 0.352 e. The summed E-state index contributed by atoms with van der Waals surface area (Å²) >= 11 is 2.29. The van der Waals surface area contributed by atoms with Crippen LogP contribution in [0.5, 0.6) is 0 Å². The van der Waals surface area contributed by atoms with Gasteiger partial charge in [0.25, 0.3) is 0 Å². The Morgan fingerprint density at radius 3 is 2.53 bits per heavy atom. The third-order valence-electron chi connectivity index (χ3n) is 3.00. The predicted molar refractivity (Wildman–Crippen MR) is 84.5 cm³/mol. The first-order valence-electron chi connectivity index (χ1n) is 5.78. The molecule has 19 heavy (non-hydrogen) atoms. The monoisotopic (exact) mass is 367 g/mol. The predicted octanol–water partition coefficient (Wildman–Crippen LogP) is 4.00. The van der Waals surface area contributed by atoms with Crippen LogP contribution in [0.25, 0.3) is 5.57 Å². The molecule has 0 aliphatic heterocycles. The average molecular weight is 367 g/mol. The minimum absolute atomic E-state index is 0.177. The van der Waals surface area contributed by atoms with E-state index in [1.165, 1.54) is 5.56 Å². The van der Waals surface area contributed by atoms with Crippen molar-refractivity contribution in [1.82, 2.24) is 4.98 Å². The number of hydrogen-bond acceptors (Lipinski definition) is 1. The molecule has 0 saturated heterocycles. The van der Waals surface area contributed by atoms with E-state index < -0.39 is 5.97 Å². The van der Waals surface area contributed by atoms with Crippen LogP contribution in [-0.2, 0) is 0 Å². The van der Waals surface area contributed by atoms with Crippen molar-refractivity contribution in [1.29, 1.82) is 0 Å². The molecule has 0 fully saturated rings. The van der Waals surface area contributed by atoms with E-state index in [2.05, 4.69) is 53.2 Å². The number of aromatic carboxylic acids is 1. The molecule has 2 N–H and O–H groups in total. The summed E-state index contributed by atoms with van der Waals surface area (Å²) in [6.45, 7) is 8.20. The van der Waals surface area contributed by atoms with Crippen molar-refractivity contribution >= 4 is 34.1 Å². The molecule has 2 aromatic rings. The molecular weight excluding hydrogens is 353 g/mol. The van der Waals surface area contributed by atoms with Gasteiger partial charge in [0.2, 0.25) is 0 Å². The SMILES string of the molecule is C=C(c1c[nH]c(C(=O)O)c1)c1c(C)cc(C)cc1I. The van der Waals surface area contributed by atoms with Crippen molar-refractivity contribution in [3.05, 3.63) is 62.5 Å². The molecule has 0 aliphatic rings. The lowest BCUT2D eigenvalue weighted by Crippen LogP contribution is -1.96. The summed E-state index contributed by atoms with van der Waals surface area (Å²) in [5.41, 5.74) is 5.25. The zero-order valence-electron chi connectivity index (χ0n) is 10.7. The lowest BCUT2D eigenvalue weighted by Gasteiger charge is -2.12. The molecule has 0 amide bonds. The fraction of sp³-hybridized carbons (Fsp3) is 0.133. The molecule has 1 aromatic carbocycles. The number of benzene rings is 1. The van der Waals surface area contributed by atoms with Crippen molar-refractivity contribution in [2.45, 2.75) is 13.8 Å². The topological polar surface area (TPSA) is 53.1 Å². The van der Waals surface area contributed by atoms with Gasteiger partial charge in [-0.15, -0.1) is 0 Å². The van der Waals surface area contributed by atoms with Crippen molar-refractivity contribution in [3.8, 4) is 0 Å². The first kappa shape index (κ1) is 13.9. The number of rotatable bonds is 3. The van der Waals surface area contributed by atoms with Gasteiger partial charge >= 0.3 is 5.97 Å². The van der Waals surface area contributed by atoms with Crippen LogP contribution in [0.3, 0.4) is 0 Å². The Bertz CT molecular complexity index is 648. The standard InChI is InChI=1S/C15H14INO2/c1-8-4-9(2)14(12(16)5-8)10(3)11-6-13(15(18)19)17-7-11/h4-7,17H,3H2,1-2H3,(H,18,19). The number of aromatic nitrogens is 1. The zero-order valence-corrected chi connectivity index (χ0v) is 12.9. The van der Waals surface area contributed by atoms with Crippen LogP contribution >= 0.6 is 22.6 Å². The van der Waals surface area contributed by atoms with E-state index in [4.69, 9.17) is 5.11 Å². The Morgan fingerprint density at radius 2 is 2.00 bits per heavy atom. The van der Waals surface area contributed by atoms with E-state index in [0.29, 0.717) is 0 Å². The second-order valence-electron chi connectivity index (χ2n) is 4.52. The first-order chi connectivity index (χ1) is 8.90. The summed E-state index contributed by atoms with van der Waals surface area (Å²) in [5.74, 6) is -0.964. The van der Waals surface area contributed by atoms with Crippen LogP contribution in [0.4, 0.5) is 0 Å². The maximum atomic E-state index is 10.9. The fourth-order valence-electron chi connectivity index (χ4n) is 2.13. The number of carbonyl (C=O) groups is 1. The number of H-pyrrole nitrogens is 1. The zero-order chi connectivity index (χ0) is 14.2. The van der Waals surface area contributed by atoms with Gasteiger partial charge in [0.05, 0.1) is 0 Å². The number of aryl methyl sites for hydroxylation is 2. The van der Waals surface area contributed by atoms with Crippen molar-refractivity contribution in [3.63, 3.8) is 0 Å². The largest absolute Gasteiger partial charge is 0.477 e. The minimum atomic E-state index is -0.964. The van der Waals surface area contributed by atoms with Gasteiger partial charge in [-0.3, -0.25) is 0 Å². The maximum absolute atomic E-state index is 10.9. The third-order valence-corrected chi connectivity index (χ3v) is 3.85. The smallest absolute Gasteiger partial charge is 0.352 e. The molecule has 1 heterocycles. The van der Waals surface area contributed by atoms with Gasteiger partial charge in [-0.1, -0.05) is 12.6 Å². The molecule has 1 aromatic heterocycles. The molecule has 98 valence electrons. The van der Waals surface area contributed by atoms with Gasteiger partial charge in [-0.05, 0) is 70.8 Å². The quantitative estimate of drug-likeness (QED) is 0.806. The van der Waals surface area contributed by atoms with Crippen molar-refractivity contribution < 1.29 is 9.90 Å². The highest BCUT2D eigenvalue weighted by Gasteiger charge is 2.13. The van der Waals surface area contributed by atoms with Crippen molar-refractivity contribution in [2.24, 2.45) is 0 Å². The lowest BCUT2D eigenvalue weighted by molar-refractivity contribution is 0.0691. The third kappa shape index (κ3) is 2.73. The number of nitrogens with one attached hydrogen (secondary N) is 1. The molecule has 2 rings (SSSR count). The molecule has 0 atom stereocenters. The van der Waals surface area contributed by atoms with Crippen molar-refractivity contribution in [2.75, 3.05) is 0 Å². The molecule has 0 unspecified atom stereocenters. The number of carboxylic acids is 1. The van der Waals surface area contributed by atoms with Crippen LogP contribution in [0, 0.1) is 17.4 Å². The molecule has 0 spiro atoms. The van der Waals surface area contributed by atoms with E-state index in [9.17, 15) is 4.79 Å². The average Bonchev–Trinajstić information content (AvgIpc) is 2.76. The normalized spacial score (nSPS) is 10.5. The molecule has 3 nitrogen and oxygen atoms in total. The second-order valence-corrected chi connectivity index (χ2v) is 5.69. The van der Waals surface area contributed by atoms with Gasteiger partial charge in [0, 0.05) is 15.3 Å². The van der Waals surface area contributed by atoms with Gasteiger partial charge in [-0.2, -0.15) is 0 Å². The van der Waals surface area contributed by atoms with E-state index >= 15 is 0 Å². The van der Waals surface area contributed by atoms with E-state index in [1.54, 1.807) is 12.3 Å². The first-order valence-corrected chi connectivity index (χ1v) is 6.86. The molecule has 0 aliphatic carbocycles. The van der Waals surface area contributed by atoms with E-state index in [0.717, 1.165) is 25.8 Å². The van der Waals surface area contributed by atoms with Crippen LogP contribution in [0.1, 0.15) is 32.7 Å². The Morgan fingerprint density at radius 1 is 1.32 bits per heavy atom. The second kappa shape index (κ2) is 5.21. The van der Waals surface area contributed by atoms with Gasteiger partial charge in [0.1, 0.15) is 5.69 Å². The minimum Gasteiger partial charge on any atom is -0.477 e. The van der Waals surface area contributed by atoms with Gasteiger partial charge in [-0.25, -0.2) is 4.79 Å². The molecule has 0 radical (unpaired) electrons. The summed E-state index contributed by atoms with van der Waals surface area (Å²) in [6, 6.07) is 5.81. The molecular formula is C15H14INO2. The summed E-state index contributed by atoms with van der Waals surface area (Å²) in [5, 5.41) is 8.93. The van der Waals surface area contributed by atoms with Crippen LogP contribution in [0.15, 0.2) is 31.0 Å². The van der Waals surface area contributed by atoms with Crippen LogP contribution in [-0.4, -0.2) is 16.1 Å². The summed E-state index contributed by atoms with van der Waals surface area (Å²) in [4.78, 5) is 13.6. The van der Waals surface area contributed by atoms with Crippen LogP contribution in [0.2, 0.25) is 0 Å². The van der Waals surface area contributed by atoms with Gasteiger partial charge < -0.3 is 10.1 Å². The number of aromatic amines is 1. The Labute approximate surface area is 125 Å². The summed E-state index contributed by atoms with van der Waals surface area (Å²) in [6.07, 6.45) is 1.68. The molecule has 0 bridgehead atoms. The number of hydrogen-bond donors (Lipinski definition) is 2. The van der Waals surface area contributed by atoms with E-state index in [1.807, 2.05) is 6.92 Å². The number of carboxylic acid groups (broad SMARTS) is 1. The highest BCUT2D eigenvalue weighted by molar-refractivity contribution is 14.1. The Kier molecular flexibility index (Phi) is 3.80. The fourth-order valence-corrected chi connectivity index (χ4v) is 3.38. The molecule has 0 saturated carbocycles. The van der Waals surface area contributed by atoms with E-state index in [-0.39, 0.29) is 5.69 Å². The highest BCUT2D eigenvalue weighted by Crippen LogP contribution is 2.30. The summed E-state index contributed by atoms with van der Waals surface area (Å²) < 4.78 is 1.12.